The molecule has 10 heteroatoms. The van der Waals surface area contributed by atoms with Gasteiger partial charge in [0.25, 0.3) is 5.91 Å². The molecular formula is C20H31N4O6+. The van der Waals surface area contributed by atoms with Gasteiger partial charge in [-0.25, -0.2) is 4.79 Å². The van der Waals surface area contributed by atoms with Crippen molar-refractivity contribution in [2.45, 2.75) is 45.3 Å². The van der Waals surface area contributed by atoms with E-state index in [0.717, 1.165) is 5.56 Å². The molecule has 0 spiro atoms. The fourth-order valence-corrected chi connectivity index (χ4v) is 2.58. The van der Waals surface area contributed by atoms with Crippen molar-refractivity contribution < 1.29 is 34.8 Å². The molecule has 0 aliphatic rings. The van der Waals surface area contributed by atoms with Gasteiger partial charge in [-0.15, -0.1) is 0 Å². The van der Waals surface area contributed by atoms with Gasteiger partial charge in [-0.2, -0.15) is 0 Å². The highest BCUT2D eigenvalue weighted by Crippen LogP contribution is 2.10. The van der Waals surface area contributed by atoms with Gasteiger partial charge in [0.05, 0.1) is 13.7 Å². The van der Waals surface area contributed by atoms with Crippen molar-refractivity contribution in [1.29, 1.82) is 0 Å². The normalized spacial score (nSPS) is 13.7. The van der Waals surface area contributed by atoms with E-state index in [1.165, 1.54) is 26.2 Å². The van der Waals surface area contributed by atoms with Gasteiger partial charge in [0.2, 0.25) is 11.8 Å². The van der Waals surface area contributed by atoms with Gasteiger partial charge in [0.1, 0.15) is 17.8 Å². The molecule has 10 nitrogen and oxygen atoms in total. The van der Waals surface area contributed by atoms with Gasteiger partial charge in [-0.3, -0.25) is 14.4 Å². The number of phenolic OH excluding ortho intramolecular Hbond substituents is 1. The lowest BCUT2D eigenvalue weighted by Gasteiger charge is -2.20. The van der Waals surface area contributed by atoms with Gasteiger partial charge in [-0.1, -0.05) is 26.0 Å². The van der Waals surface area contributed by atoms with Gasteiger partial charge < -0.3 is 31.5 Å². The highest BCUT2D eigenvalue weighted by atomic mass is 16.5. The van der Waals surface area contributed by atoms with Crippen molar-refractivity contribution in [3.05, 3.63) is 29.8 Å². The number of ether oxygens (including phenoxy) is 1. The SMILES string of the molecule is COC(=O)[C@H](NC(=O)CNC(=O)[C@H](C)NC(=O)[C@H]([NH3+])Cc1ccc(O)cc1)C(C)C. The van der Waals surface area contributed by atoms with Gasteiger partial charge in [-0.05, 0) is 30.5 Å². The first kappa shape index (κ1) is 24.9. The fourth-order valence-electron chi connectivity index (χ4n) is 2.58. The highest BCUT2D eigenvalue weighted by Gasteiger charge is 2.26. The number of carbonyl (C=O) groups excluding carboxylic acids is 4. The van der Waals surface area contributed by atoms with Crippen LogP contribution in [0.2, 0.25) is 0 Å². The molecular weight excluding hydrogens is 392 g/mol. The Balaban J connectivity index is 2.47. The smallest absolute Gasteiger partial charge is 0.328 e. The third-order valence-corrected chi connectivity index (χ3v) is 4.40. The maximum Gasteiger partial charge on any atom is 0.328 e. The number of phenols is 1. The number of benzene rings is 1. The van der Waals surface area contributed by atoms with Crippen LogP contribution in [0.1, 0.15) is 26.3 Å². The minimum absolute atomic E-state index is 0.129. The number of methoxy groups -OCH3 is 1. The molecule has 0 aromatic heterocycles. The van der Waals surface area contributed by atoms with Gasteiger partial charge in [0.15, 0.2) is 6.04 Å². The molecule has 0 heterocycles. The number of hydrogen-bond acceptors (Lipinski definition) is 6. The first-order chi connectivity index (χ1) is 14.0. The molecule has 1 aromatic rings. The van der Waals surface area contributed by atoms with Crippen LogP contribution in [-0.2, 0) is 30.3 Å². The Labute approximate surface area is 175 Å². The molecule has 7 N–H and O–H groups in total. The zero-order valence-electron chi connectivity index (χ0n) is 17.7. The quantitative estimate of drug-likeness (QED) is 0.287. The zero-order chi connectivity index (χ0) is 22.8. The predicted molar refractivity (Wildman–Crippen MR) is 108 cm³/mol. The van der Waals surface area contributed by atoms with E-state index in [4.69, 9.17) is 0 Å². The van der Waals surface area contributed by atoms with E-state index in [2.05, 4.69) is 26.4 Å². The summed E-state index contributed by atoms with van der Waals surface area (Å²) in [5.41, 5.74) is 4.62. The van der Waals surface area contributed by atoms with Crippen LogP contribution >= 0.6 is 0 Å². The number of rotatable bonds is 10. The Hall–Kier alpha value is -3.14. The molecule has 0 aliphatic carbocycles. The molecule has 166 valence electrons. The van der Waals surface area contributed by atoms with E-state index >= 15 is 0 Å². The van der Waals surface area contributed by atoms with Crippen molar-refractivity contribution >= 4 is 23.7 Å². The summed E-state index contributed by atoms with van der Waals surface area (Å²) in [5, 5.41) is 16.8. The average Bonchev–Trinajstić information content (AvgIpc) is 2.70. The largest absolute Gasteiger partial charge is 0.508 e. The second-order valence-corrected chi connectivity index (χ2v) is 7.33. The molecule has 0 aliphatic heterocycles. The minimum Gasteiger partial charge on any atom is -0.508 e. The summed E-state index contributed by atoms with van der Waals surface area (Å²) < 4.78 is 4.65. The van der Waals surface area contributed by atoms with Crippen LogP contribution < -0.4 is 21.7 Å². The number of amides is 3. The van der Waals surface area contributed by atoms with Gasteiger partial charge in [0, 0.05) is 6.42 Å². The average molecular weight is 423 g/mol. The molecule has 30 heavy (non-hydrogen) atoms. The third-order valence-electron chi connectivity index (χ3n) is 4.40. The van der Waals surface area contributed by atoms with E-state index in [9.17, 15) is 24.3 Å². The summed E-state index contributed by atoms with van der Waals surface area (Å²) in [6.45, 7) is 4.65. The van der Waals surface area contributed by atoms with Crippen molar-refractivity contribution in [3.8, 4) is 5.75 Å². The number of esters is 1. The topological polar surface area (TPSA) is 161 Å². The Bertz CT molecular complexity index is 750. The Kier molecular flexibility index (Phi) is 9.76. The number of hydrogen-bond donors (Lipinski definition) is 5. The standard InChI is InChI=1S/C20H30N4O6/c1-11(2)17(20(29)30-4)24-16(26)10-22-18(27)12(3)23-19(28)15(21)9-13-5-7-14(25)8-6-13/h5-8,11-12,15,17,25H,9-10,21H2,1-4H3,(H,22,27)(H,23,28)(H,24,26)/p+1/t12-,15+,17+/m0/s1. The Morgan fingerprint density at radius 3 is 2.17 bits per heavy atom. The second kappa shape index (κ2) is 11.8. The molecule has 0 saturated carbocycles. The molecule has 0 radical (unpaired) electrons. The van der Waals surface area contributed by atoms with Crippen molar-refractivity contribution in [2.24, 2.45) is 5.92 Å². The van der Waals surface area contributed by atoms with Crippen molar-refractivity contribution in [3.63, 3.8) is 0 Å². The number of aromatic hydroxyl groups is 1. The van der Waals surface area contributed by atoms with E-state index in [0.29, 0.717) is 6.42 Å². The number of quaternary nitrogens is 1. The molecule has 0 saturated heterocycles. The summed E-state index contributed by atoms with van der Waals surface area (Å²) in [6.07, 6.45) is 0.340. The zero-order valence-corrected chi connectivity index (χ0v) is 17.7. The second-order valence-electron chi connectivity index (χ2n) is 7.33. The lowest BCUT2D eigenvalue weighted by atomic mass is 10.0. The van der Waals surface area contributed by atoms with E-state index in [-0.39, 0.29) is 18.2 Å². The van der Waals surface area contributed by atoms with Crippen molar-refractivity contribution in [1.82, 2.24) is 16.0 Å². The summed E-state index contributed by atoms with van der Waals surface area (Å²) >= 11 is 0. The van der Waals surface area contributed by atoms with E-state index in [1.54, 1.807) is 26.0 Å². The molecule has 3 atom stereocenters. The number of nitrogens with one attached hydrogen (secondary N) is 3. The first-order valence-electron chi connectivity index (χ1n) is 9.61. The number of carbonyl (C=O) groups is 4. The molecule has 0 fully saturated rings. The molecule has 3 amide bonds. The van der Waals surface area contributed by atoms with Crippen LogP contribution in [0.3, 0.4) is 0 Å². The molecule has 1 rings (SSSR count). The maximum absolute atomic E-state index is 12.3. The highest BCUT2D eigenvalue weighted by molar-refractivity contribution is 5.92. The van der Waals surface area contributed by atoms with Crippen LogP contribution in [0.5, 0.6) is 5.75 Å². The minimum atomic E-state index is -0.879. The summed E-state index contributed by atoms with van der Waals surface area (Å²) in [5.74, 6) is -2.13. The molecule has 0 bridgehead atoms. The fraction of sp³-hybridized carbons (Fsp3) is 0.500. The summed E-state index contributed by atoms with van der Waals surface area (Å²) in [7, 11) is 1.23. The van der Waals surface area contributed by atoms with E-state index in [1.807, 2.05) is 0 Å². The first-order valence-corrected chi connectivity index (χ1v) is 9.61. The molecule has 0 unspecified atom stereocenters. The van der Waals surface area contributed by atoms with E-state index < -0.39 is 41.8 Å². The lowest BCUT2D eigenvalue weighted by Crippen LogP contribution is -2.69. The van der Waals surface area contributed by atoms with Crippen LogP contribution in [0, 0.1) is 5.92 Å². The van der Waals surface area contributed by atoms with Crippen molar-refractivity contribution in [2.75, 3.05) is 13.7 Å². The Morgan fingerprint density at radius 1 is 1.03 bits per heavy atom. The van der Waals surface area contributed by atoms with Crippen LogP contribution in [-0.4, -0.2) is 60.6 Å². The third kappa shape index (κ3) is 8.08. The monoisotopic (exact) mass is 423 g/mol. The Morgan fingerprint density at radius 2 is 1.63 bits per heavy atom. The van der Waals surface area contributed by atoms with Crippen LogP contribution in [0.4, 0.5) is 0 Å². The summed E-state index contributed by atoms with van der Waals surface area (Å²) in [6, 6.07) is 4.08. The predicted octanol–water partition coefficient (Wildman–Crippen LogP) is -1.52. The lowest BCUT2D eigenvalue weighted by molar-refractivity contribution is -0.403. The van der Waals surface area contributed by atoms with Crippen LogP contribution in [0.25, 0.3) is 0 Å². The van der Waals surface area contributed by atoms with Crippen LogP contribution in [0.15, 0.2) is 24.3 Å². The van der Waals surface area contributed by atoms with Gasteiger partial charge >= 0.3 is 5.97 Å². The summed E-state index contributed by atoms with van der Waals surface area (Å²) in [4.78, 5) is 48.1. The molecule has 1 aromatic carbocycles. The maximum atomic E-state index is 12.3.